The van der Waals surface area contributed by atoms with E-state index < -0.39 is 5.97 Å². The number of ether oxygens (including phenoxy) is 2. The highest BCUT2D eigenvalue weighted by Crippen LogP contribution is 2.22. The lowest BCUT2D eigenvalue weighted by Crippen LogP contribution is -2.20. The van der Waals surface area contributed by atoms with Gasteiger partial charge in [0.25, 0.3) is 0 Å². The van der Waals surface area contributed by atoms with Crippen molar-refractivity contribution in [2.75, 3.05) is 40.1 Å². The molecule has 5 nitrogen and oxygen atoms in total. The molecule has 2 N–H and O–H groups in total. The Morgan fingerprint density at radius 2 is 2.12 bits per heavy atom. The van der Waals surface area contributed by atoms with E-state index in [2.05, 4.69) is 4.74 Å². The van der Waals surface area contributed by atoms with E-state index in [4.69, 9.17) is 10.5 Å². The molecule has 0 atom stereocenters. The van der Waals surface area contributed by atoms with Gasteiger partial charge in [0.1, 0.15) is 17.9 Å². The molecule has 0 fully saturated rings. The van der Waals surface area contributed by atoms with Gasteiger partial charge in [-0.25, -0.2) is 4.79 Å². The first-order valence-electron chi connectivity index (χ1n) is 5.30. The van der Waals surface area contributed by atoms with Gasteiger partial charge in [-0.3, -0.25) is 0 Å². The third-order valence-corrected chi connectivity index (χ3v) is 2.21. The molecule has 0 saturated carbocycles. The number of hydrogen-bond acceptors (Lipinski definition) is 5. The number of likely N-dealkylation sites (N-methyl/N-ethyl adjacent to an activating group) is 1. The van der Waals surface area contributed by atoms with Crippen LogP contribution < -0.4 is 10.5 Å². The van der Waals surface area contributed by atoms with E-state index in [1.165, 1.54) is 7.11 Å². The molecule has 0 aromatic heterocycles. The van der Waals surface area contributed by atoms with Crippen molar-refractivity contribution in [3.05, 3.63) is 23.8 Å². The van der Waals surface area contributed by atoms with Crippen LogP contribution in [0.25, 0.3) is 0 Å². The van der Waals surface area contributed by atoms with Crippen molar-refractivity contribution in [2.24, 2.45) is 0 Å². The molecule has 1 aromatic rings. The number of nitrogen functional groups attached to an aromatic ring is 1. The van der Waals surface area contributed by atoms with Gasteiger partial charge in [0.05, 0.1) is 7.11 Å². The van der Waals surface area contributed by atoms with Gasteiger partial charge in [-0.1, -0.05) is 0 Å². The molecule has 0 heterocycles. The minimum absolute atomic E-state index is 0.389. The van der Waals surface area contributed by atoms with Crippen molar-refractivity contribution in [3.8, 4) is 5.75 Å². The molecule has 0 aliphatic heterocycles. The maximum absolute atomic E-state index is 11.5. The predicted molar refractivity (Wildman–Crippen MR) is 66.2 cm³/mol. The number of rotatable bonds is 5. The molecule has 0 spiro atoms. The minimum Gasteiger partial charge on any atom is -0.491 e. The molecule has 17 heavy (non-hydrogen) atoms. The van der Waals surface area contributed by atoms with Crippen molar-refractivity contribution in [1.82, 2.24) is 4.90 Å². The number of nitrogens with two attached hydrogens (primary N) is 1. The van der Waals surface area contributed by atoms with Gasteiger partial charge >= 0.3 is 5.97 Å². The van der Waals surface area contributed by atoms with Crippen molar-refractivity contribution in [3.63, 3.8) is 0 Å². The lowest BCUT2D eigenvalue weighted by Gasteiger charge is -2.13. The van der Waals surface area contributed by atoms with E-state index in [0.717, 1.165) is 6.54 Å². The largest absolute Gasteiger partial charge is 0.491 e. The van der Waals surface area contributed by atoms with Crippen LogP contribution in [0.4, 0.5) is 5.69 Å². The molecular weight excluding hydrogens is 220 g/mol. The molecule has 0 aliphatic rings. The second-order valence-corrected chi connectivity index (χ2v) is 3.90. The maximum Gasteiger partial charge on any atom is 0.341 e. The molecular formula is C12H18N2O3. The van der Waals surface area contributed by atoms with Gasteiger partial charge in [-0.05, 0) is 26.2 Å². The van der Waals surface area contributed by atoms with Crippen molar-refractivity contribution in [1.29, 1.82) is 0 Å². The minimum atomic E-state index is -0.426. The normalized spacial score (nSPS) is 10.4. The van der Waals surface area contributed by atoms with Crippen LogP contribution in [0.15, 0.2) is 18.2 Å². The number of esters is 1. The Bertz CT molecular complexity index is 391. The number of carbonyl (C=O) groups excluding carboxylic acids is 1. The average molecular weight is 238 g/mol. The molecule has 0 saturated heterocycles. The zero-order valence-corrected chi connectivity index (χ0v) is 10.4. The summed E-state index contributed by atoms with van der Waals surface area (Å²) in [5.41, 5.74) is 6.60. The highest BCUT2D eigenvalue weighted by Gasteiger charge is 2.13. The number of anilines is 1. The van der Waals surface area contributed by atoms with Gasteiger partial charge in [0, 0.05) is 18.3 Å². The lowest BCUT2D eigenvalue weighted by atomic mass is 10.2. The SMILES string of the molecule is COC(=O)c1ccc(N)cc1OCCN(C)C. The summed E-state index contributed by atoms with van der Waals surface area (Å²) in [7, 11) is 5.23. The van der Waals surface area contributed by atoms with Crippen molar-refractivity contribution < 1.29 is 14.3 Å². The maximum atomic E-state index is 11.5. The summed E-state index contributed by atoms with van der Waals surface area (Å²) in [6.45, 7) is 1.25. The highest BCUT2D eigenvalue weighted by molar-refractivity contribution is 5.93. The van der Waals surface area contributed by atoms with Gasteiger partial charge in [0.15, 0.2) is 0 Å². The van der Waals surface area contributed by atoms with Gasteiger partial charge in [-0.2, -0.15) is 0 Å². The Morgan fingerprint density at radius 1 is 1.41 bits per heavy atom. The third kappa shape index (κ3) is 3.96. The van der Waals surface area contributed by atoms with E-state index in [-0.39, 0.29) is 0 Å². The molecule has 5 heteroatoms. The zero-order chi connectivity index (χ0) is 12.8. The van der Waals surface area contributed by atoms with Crippen LogP contribution in [0, 0.1) is 0 Å². The van der Waals surface area contributed by atoms with Gasteiger partial charge in [-0.15, -0.1) is 0 Å². The number of hydrogen-bond donors (Lipinski definition) is 1. The topological polar surface area (TPSA) is 64.8 Å². The fourth-order valence-electron chi connectivity index (χ4n) is 1.28. The first-order valence-corrected chi connectivity index (χ1v) is 5.30. The molecule has 1 aromatic carbocycles. The van der Waals surface area contributed by atoms with E-state index in [1.54, 1.807) is 18.2 Å². The number of carbonyl (C=O) groups is 1. The standard InChI is InChI=1S/C12H18N2O3/c1-14(2)6-7-17-11-8-9(13)4-5-10(11)12(15)16-3/h4-5,8H,6-7,13H2,1-3H3. The molecule has 0 unspecified atom stereocenters. The quantitative estimate of drug-likeness (QED) is 0.612. The summed E-state index contributed by atoms with van der Waals surface area (Å²) in [6, 6.07) is 4.87. The van der Waals surface area contributed by atoms with Crippen molar-refractivity contribution >= 4 is 11.7 Å². The first kappa shape index (κ1) is 13.3. The monoisotopic (exact) mass is 238 g/mol. The highest BCUT2D eigenvalue weighted by atomic mass is 16.5. The number of methoxy groups -OCH3 is 1. The van der Waals surface area contributed by atoms with Crippen molar-refractivity contribution in [2.45, 2.75) is 0 Å². The van der Waals surface area contributed by atoms with Crippen LogP contribution in [-0.2, 0) is 4.74 Å². The average Bonchev–Trinajstić information content (AvgIpc) is 2.28. The summed E-state index contributed by atoms with van der Waals surface area (Å²) in [5.74, 6) is 0.0311. The Morgan fingerprint density at radius 3 is 2.71 bits per heavy atom. The van der Waals surface area contributed by atoms with Gasteiger partial charge < -0.3 is 20.1 Å². The summed E-state index contributed by atoms with van der Waals surface area (Å²) >= 11 is 0. The lowest BCUT2D eigenvalue weighted by molar-refractivity contribution is 0.0596. The Balaban J connectivity index is 2.80. The zero-order valence-electron chi connectivity index (χ0n) is 10.4. The Labute approximate surface area is 101 Å². The van der Waals surface area contributed by atoms with E-state index in [9.17, 15) is 4.79 Å². The number of benzene rings is 1. The van der Waals surface area contributed by atoms with E-state index >= 15 is 0 Å². The van der Waals surface area contributed by atoms with E-state index in [1.807, 2.05) is 19.0 Å². The van der Waals surface area contributed by atoms with Crippen LogP contribution in [0.3, 0.4) is 0 Å². The molecule has 1 rings (SSSR count). The first-order chi connectivity index (χ1) is 8.04. The Kier molecular flexibility index (Phi) is 4.78. The summed E-state index contributed by atoms with van der Waals surface area (Å²) in [5, 5.41) is 0. The Hall–Kier alpha value is -1.75. The molecule has 0 bridgehead atoms. The summed E-state index contributed by atoms with van der Waals surface area (Å²) in [4.78, 5) is 13.5. The van der Waals surface area contributed by atoms with Crippen LogP contribution in [0.2, 0.25) is 0 Å². The summed E-state index contributed by atoms with van der Waals surface area (Å²) in [6.07, 6.45) is 0. The summed E-state index contributed by atoms with van der Waals surface area (Å²) < 4.78 is 10.2. The molecule has 94 valence electrons. The number of nitrogens with zero attached hydrogens (tertiary/aromatic N) is 1. The van der Waals surface area contributed by atoms with Crippen LogP contribution in [0.5, 0.6) is 5.75 Å². The van der Waals surface area contributed by atoms with E-state index in [0.29, 0.717) is 23.6 Å². The second kappa shape index (κ2) is 6.10. The third-order valence-electron chi connectivity index (χ3n) is 2.21. The van der Waals surface area contributed by atoms with Crippen LogP contribution in [0.1, 0.15) is 10.4 Å². The van der Waals surface area contributed by atoms with Crippen LogP contribution >= 0.6 is 0 Å². The van der Waals surface area contributed by atoms with Crippen LogP contribution in [-0.4, -0.2) is 45.2 Å². The predicted octanol–water partition coefficient (Wildman–Crippen LogP) is 0.996. The smallest absolute Gasteiger partial charge is 0.341 e. The second-order valence-electron chi connectivity index (χ2n) is 3.90. The molecule has 0 amide bonds. The molecule has 0 aliphatic carbocycles. The molecule has 0 radical (unpaired) electrons. The van der Waals surface area contributed by atoms with Gasteiger partial charge in [0.2, 0.25) is 0 Å². The fraction of sp³-hybridized carbons (Fsp3) is 0.417. The fourth-order valence-corrected chi connectivity index (χ4v) is 1.28.